The van der Waals surface area contributed by atoms with Gasteiger partial charge in [0.2, 0.25) is 0 Å². The van der Waals surface area contributed by atoms with Gasteiger partial charge in [-0.05, 0) is 44.2 Å². The Morgan fingerprint density at radius 3 is 2.92 bits per heavy atom. The number of aromatic nitrogens is 2. The molecule has 144 valence electrons. The van der Waals surface area contributed by atoms with E-state index in [0.29, 0.717) is 0 Å². The number of guanidine groups is 1. The first-order valence-electron chi connectivity index (χ1n) is 9.38. The maximum atomic E-state index is 5.64. The van der Waals surface area contributed by atoms with E-state index in [2.05, 4.69) is 38.6 Å². The van der Waals surface area contributed by atoms with Crippen molar-refractivity contribution >= 4 is 41.0 Å². The minimum atomic E-state index is 0. The molecule has 1 aliphatic carbocycles. The van der Waals surface area contributed by atoms with Gasteiger partial charge in [-0.15, -0.1) is 24.0 Å². The zero-order valence-corrected chi connectivity index (χ0v) is 17.8. The summed E-state index contributed by atoms with van der Waals surface area (Å²) < 4.78 is 5.64. The van der Waals surface area contributed by atoms with Crippen LogP contribution >= 0.6 is 24.0 Å². The molecule has 1 aromatic heterocycles. The van der Waals surface area contributed by atoms with Crippen LogP contribution in [-0.4, -0.2) is 48.8 Å². The maximum absolute atomic E-state index is 5.64. The van der Waals surface area contributed by atoms with Crippen LogP contribution in [0, 0.1) is 5.92 Å². The Hall–Kier alpha value is -1.35. The SMILES string of the molecule is CCNC(=NCCCOCC1CC1)NCCc1nc2ccccc2[nH]1.I. The van der Waals surface area contributed by atoms with Crippen molar-refractivity contribution < 1.29 is 4.74 Å². The first-order valence-corrected chi connectivity index (χ1v) is 9.38. The van der Waals surface area contributed by atoms with E-state index >= 15 is 0 Å². The number of hydrogen-bond donors (Lipinski definition) is 3. The summed E-state index contributed by atoms with van der Waals surface area (Å²) in [5, 5.41) is 6.65. The molecule has 1 aliphatic rings. The highest BCUT2D eigenvalue weighted by Gasteiger charge is 2.20. The number of aliphatic imine (C=N–C) groups is 1. The summed E-state index contributed by atoms with van der Waals surface area (Å²) >= 11 is 0. The van der Waals surface area contributed by atoms with Crippen LogP contribution in [0.25, 0.3) is 11.0 Å². The number of aromatic amines is 1. The average molecular weight is 471 g/mol. The Morgan fingerprint density at radius 1 is 1.31 bits per heavy atom. The molecule has 0 bridgehead atoms. The van der Waals surface area contributed by atoms with Crippen LogP contribution in [0.5, 0.6) is 0 Å². The van der Waals surface area contributed by atoms with Crippen molar-refractivity contribution in [2.75, 3.05) is 32.8 Å². The number of imidazole rings is 1. The summed E-state index contributed by atoms with van der Waals surface area (Å²) in [4.78, 5) is 12.6. The predicted octanol–water partition coefficient (Wildman–Crippen LogP) is 3.10. The molecule has 3 N–H and O–H groups in total. The highest BCUT2D eigenvalue weighted by molar-refractivity contribution is 14.0. The number of nitrogens with zero attached hydrogens (tertiary/aromatic N) is 2. The lowest BCUT2D eigenvalue weighted by Crippen LogP contribution is -2.38. The average Bonchev–Trinajstić information content (AvgIpc) is 3.35. The zero-order chi connectivity index (χ0) is 17.3. The van der Waals surface area contributed by atoms with Crippen molar-refractivity contribution in [1.29, 1.82) is 0 Å². The molecule has 0 unspecified atom stereocenters. The van der Waals surface area contributed by atoms with E-state index in [1.165, 1.54) is 12.8 Å². The Bertz CT molecular complexity index is 650. The van der Waals surface area contributed by atoms with E-state index < -0.39 is 0 Å². The molecule has 7 heteroatoms. The minimum Gasteiger partial charge on any atom is -0.381 e. The van der Waals surface area contributed by atoms with E-state index in [1.807, 2.05) is 18.2 Å². The Labute approximate surface area is 172 Å². The molecule has 0 spiro atoms. The van der Waals surface area contributed by atoms with E-state index in [4.69, 9.17) is 4.74 Å². The largest absolute Gasteiger partial charge is 0.381 e. The van der Waals surface area contributed by atoms with Crippen LogP contribution in [0.3, 0.4) is 0 Å². The van der Waals surface area contributed by atoms with Gasteiger partial charge in [0.25, 0.3) is 0 Å². The lowest BCUT2D eigenvalue weighted by atomic mass is 10.3. The molecule has 6 nitrogen and oxygen atoms in total. The monoisotopic (exact) mass is 471 g/mol. The lowest BCUT2D eigenvalue weighted by molar-refractivity contribution is 0.123. The van der Waals surface area contributed by atoms with Crippen molar-refractivity contribution in [3.8, 4) is 0 Å². The van der Waals surface area contributed by atoms with Crippen LogP contribution in [-0.2, 0) is 11.2 Å². The fourth-order valence-corrected chi connectivity index (χ4v) is 2.66. The Balaban J connectivity index is 0.00000243. The van der Waals surface area contributed by atoms with Gasteiger partial charge in [-0.2, -0.15) is 0 Å². The second-order valence-corrected chi connectivity index (χ2v) is 6.51. The predicted molar refractivity (Wildman–Crippen MR) is 117 cm³/mol. The second kappa shape index (κ2) is 11.4. The smallest absolute Gasteiger partial charge is 0.191 e. The van der Waals surface area contributed by atoms with Crippen molar-refractivity contribution in [3.05, 3.63) is 30.1 Å². The number of para-hydroxylation sites is 2. The molecule has 0 aliphatic heterocycles. The first-order chi connectivity index (χ1) is 12.3. The highest BCUT2D eigenvalue weighted by atomic mass is 127. The van der Waals surface area contributed by atoms with Gasteiger partial charge >= 0.3 is 0 Å². The van der Waals surface area contributed by atoms with Gasteiger partial charge in [0.1, 0.15) is 5.82 Å². The van der Waals surface area contributed by atoms with Crippen molar-refractivity contribution in [2.45, 2.75) is 32.6 Å². The molecule has 0 saturated heterocycles. The van der Waals surface area contributed by atoms with Crippen molar-refractivity contribution in [2.24, 2.45) is 10.9 Å². The third-order valence-electron chi connectivity index (χ3n) is 4.20. The number of halogens is 1. The van der Waals surface area contributed by atoms with Gasteiger partial charge in [-0.25, -0.2) is 4.98 Å². The van der Waals surface area contributed by atoms with E-state index in [1.54, 1.807) is 0 Å². The minimum absolute atomic E-state index is 0. The fourth-order valence-electron chi connectivity index (χ4n) is 2.66. The summed E-state index contributed by atoms with van der Waals surface area (Å²) in [6, 6.07) is 8.11. The number of benzene rings is 1. The van der Waals surface area contributed by atoms with Crippen LogP contribution in [0.15, 0.2) is 29.3 Å². The number of ether oxygens (including phenoxy) is 1. The quantitative estimate of drug-likeness (QED) is 0.216. The molecule has 0 atom stereocenters. The van der Waals surface area contributed by atoms with E-state index in [9.17, 15) is 0 Å². The van der Waals surface area contributed by atoms with Crippen LogP contribution in [0.4, 0.5) is 0 Å². The van der Waals surface area contributed by atoms with Gasteiger partial charge in [-0.3, -0.25) is 4.99 Å². The molecular formula is C19H30IN5O. The highest BCUT2D eigenvalue weighted by Crippen LogP contribution is 2.28. The topological polar surface area (TPSA) is 74.3 Å². The second-order valence-electron chi connectivity index (χ2n) is 6.51. The van der Waals surface area contributed by atoms with Gasteiger partial charge < -0.3 is 20.4 Å². The van der Waals surface area contributed by atoms with Gasteiger partial charge in [0.05, 0.1) is 11.0 Å². The van der Waals surface area contributed by atoms with Crippen LogP contribution < -0.4 is 10.6 Å². The molecular weight excluding hydrogens is 441 g/mol. The molecule has 26 heavy (non-hydrogen) atoms. The Morgan fingerprint density at radius 2 is 2.15 bits per heavy atom. The standard InChI is InChI=1S/C19H29N5O.HI/c1-2-20-19(21-11-5-13-25-14-15-8-9-15)22-12-10-18-23-16-6-3-4-7-17(16)24-18;/h3-4,6-7,15H,2,5,8-14H2,1H3,(H,23,24)(H2,20,21,22);1H. The summed E-state index contributed by atoms with van der Waals surface area (Å²) in [5.74, 6) is 2.69. The number of H-pyrrole nitrogens is 1. The van der Waals surface area contributed by atoms with Crippen LogP contribution in [0.2, 0.25) is 0 Å². The summed E-state index contributed by atoms with van der Waals surface area (Å²) in [7, 11) is 0. The van der Waals surface area contributed by atoms with Crippen LogP contribution in [0.1, 0.15) is 32.0 Å². The third kappa shape index (κ3) is 7.11. The fraction of sp³-hybridized carbons (Fsp3) is 0.579. The molecule has 1 heterocycles. The van der Waals surface area contributed by atoms with E-state index in [-0.39, 0.29) is 24.0 Å². The molecule has 0 radical (unpaired) electrons. The maximum Gasteiger partial charge on any atom is 0.191 e. The summed E-state index contributed by atoms with van der Waals surface area (Å²) in [6.07, 6.45) is 4.49. The Kier molecular flexibility index (Phi) is 9.17. The number of fused-ring (bicyclic) bond motifs is 1. The third-order valence-corrected chi connectivity index (χ3v) is 4.20. The molecule has 3 rings (SSSR count). The van der Waals surface area contributed by atoms with Crippen molar-refractivity contribution in [1.82, 2.24) is 20.6 Å². The normalized spacial score (nSPS) is 14.3. The number of rotatable bonds is 10. The lowest BCUT2D eigenvalue weighted by Gasteiger charge is -2.10. The molecule has 1 aromatic carbocycles. The molecule has 0 amide bonds. The zero-order valence-electron chi connectivity index (χ0n) is 15.5. The van der Waals surface area contributed by atoms with Gasteiger partial charge in [0, 0.05) is 39.3 Å². The van der Waals surface area contributed by atoms with Crippen molar-refractivity contribution in [3.63, 3.8) is 0 Å². The van der Waals surface area contributed by atoms with E-state index in [0.717, 1.165) is 74.4 Å². The molecule has 1 saturated carbocycles. The summed E-state index contributed by atoms with van der Waals surface area (Å²) in [6.45, 7) is 6.25. The molecule has 2 aromatic rings. The summed E-state index contributed by atoms with van der Waals surface area (Å²) in [5.41, 5.74) is 2.11. The molecule has 1 fully saturated rings. The van der Waals surface area contributed by atoms with Gasteiger partial charge in [-0.1, -0.05) is 12.1 Å². The first kappa shape index (κ1) is 21.0. The van der Waals surface area contributed by atoms with Gasteiger partial charge in [0.15, 0.2) is 5.96 Å². The number of nitrogens with one attached hydrogen (secondary N) is 3. The number of hydrogen-bond acceptors (Lipinski definition) is 3.